The smallest absolute Gasteiger partial charge is 0.343 e. The molecule has 0 bridgehead atoms. The number of carbonyl (C=O) groups is 12. The van der Waals surface area contributed by atoms with Gasteiger partial charge in [0.15, 0.2) is 0 Å². The maximum Gasteiger partial charge on any atom is 0.417 e. The summed E-state index contributed by atoms with van der Waals surface area (Å²) in [6.45, 7) is 9.21. The van der Waals surface area contributed by atoms with Crippen LogP contribution < -0.4 is 16.0 Å². The summed E-state index contributed by atoms with van der Waals surface area (Å²) < 4.78 is 41.6. The molecule has 1 aromatic rings. The molecule has 12 amide bonds. The van der Waals surface area contributed by atoms with E-state index in [1.807, 2.05) is 20.8 Å². The number of alkyl halides is 3. The summed E-state index contributed by atoms with van der Waals surface area (Å²) in [5.41, 5.74) is -2.42. The molecule has 2 heterocycles. The van der Waals surface area contributed by atoms with Gasteiger partial charge in [0.05, 0.1) is 43.2 Å². The molecular weight excluding hydrogens is 1330 g/mol. The summed E-state index contributed by atoms with van der Waals surface area (Å²) in [4.78, 5) is 190. The summed E-state index contributed by atoms with van der Waals surface area (Å²) in [5, 5.41) is 8.00. The number of hydrogen-bond acceptors (Lipinski definition) is 12. The first-order valence-electron chi connectivity index (χ1n) is 36.4. The summed E-state index contributed by atoms with van der Waals surface area (Å²) in [6, 6.07) is -4.53. The van der Waals surface area contributed by atoms with Crippen LogP contribution in [0.2, 0.25) is 5.02 Å². The Morgan fingerprint density at radius 1 is 0.653 bits per heavy atom. The van der Waals surface area contributed by atoms with E-state index in [4.69, 9.17) is 11.6 Å². The van der Waals surface area contributed by atoms with Gasteiger partial charge in [0.1, 0.15) is 41.8 Å². The van der Waals surface area contributed by atoms with Crippen LogP contribution >= 0.6 is 11.6 Å². The van der Waals surface area contributed by atoms with Crippen molar-refractivity contribution in [1.82, 2.24) is 60.0 Å². The molecule has 6 rings (SSSR count). The second-order valence-electron chi connectivity index (χ2n) is 29.5. The summed E-state index contributed by atoms with van der Waals surface area (Å²) >= 11 is 6.14. The molecule has 7 atom stereocenters. The average Bonchev–Trinajstić information content (AvgIpc) is 1.65. The molecule has 0 unspecified atom stereocenters. The third-order valence-corrected chi connectivity index (χ3v) is 21.8. The van der Waals surface area contributed by atoms with Gasteiger partial charge in [-0.1, -0.05) is 122 Å². The highest BCUT2D eigenvalue weighted by Crippen LogP contribution is 2.38. The molecule has 5 fully saturated rings. The van der Waals surface area contributed by atoms with E-state index in [9.17, 15) is 46.7 Å². The lowest BCUT2D eigenvalue weighted by Crippen LogP contribution is -2.64. The first-order chi connectivity index (χ1) is 47.6. The molecule has 2 aliphatic heterocycles. The zero-order valence-electron chi connectivity index (χ0n) is 61.4. The highest BCUT2D eigenvalue weighted by molar-refractivity contribution is 6.31. The summed E-state index contributed by atoms with van der Waals surface area (Å²) in [5.74, 6) is -9.11. The second-order valence-corrected chi connectivity index (χ2v) is 30.0. The number of carbonyl (C=O) groups excluding carboxylic acids is 12. The second kappa shape index (κ2) is 37.7. The van der Waals surface area contributed by atoms with Crippen molar-refractivity contribution in [1.29, 1.82) is 0 Å². The molecule has 0 aromatic heterocycles. The molecule has 3 aliphatic carbocycles. The van der Waals surface area contributed by atoms with Crippen molar-refractivity contribution >= 4 is 82.5 Å². The van der Waals surface area contributed by atoms with Gasteiger partial charge in [-0.15, -0.1) is 6.58 Å². The van der Waals surface area contributed by atoms with Gasteiger partial charge in [0.25, 0.3) is 0 Å². The molecule has 24 nitrogen and oxygen atoms in total. The molecule has 5 aliphatic rings. The first-order valence-corrected chi connectivity index (χ1v) is 36.8. The lowest BCUT2D eigenvalue weighted by atomic mass is 9.81. The fourth-order valence-corrected chi connectivity index (χ4v) is 15.4. The van der Waals surface area contributed by atoms with E-state index in [0.29, 0.717) is 58.0 Å². The fourth-order valence-electron chi connectivity index (χ4n) is 15.1. The van der Waals surface area contributed by atoms with Crippen molar-refractivity contribution in [3.8, 4) is 0 Å². The number of likely N-dealkylation sites (tertiary alicyclic amines) is 1. The minimum atomic E-state index is -4.77. The van der Waals surface area contributed by atoms with Crippen LogP contribution in [0.4, 0.5) is 13.2 Å². The third-order valence-electron chi connectivity index (χ3n) is 21.5. The predicted molar refractivity (Wildman–Crippen MR) is 376 cm³/mol. The van der Waals surface area contributed by atoms with E-state index >= 15 is 24.0 Å². The van der Waals surface area contributed by atoms with E-state index in [1.165, 1.54) is 81.1 Å². The molecule has 3 N–H and O–H groups in total. The van der Waals surface area contributed by atoms with Crippen LogP contribution in [0.25, 0.3) is 0 Å². The number of rotatable bonds is 13. The van der Waals surface area contributed by atoms with E-state index in [2.05, 4.69) is 22.5 Å². The van der Waals surface area contributed by atoms with Gasteiger partial charge >= 0.3 is 6.18 Å². The van der Waals surface area contributed by atoms with Crippen molar-refractivity contribution in [3.05, 3.63) is 47.0 Å². The van der Waals surface area contributed by atoms with Gasteiger partial charge in [-0.25, -0.2) is 0 Å². The van der Waals surface area contributed by atoms with Crippen molar-refractivity contribution in [2.24, 2.45) is 23.7 Å². The van der Waals surface area contributed by atoms with Gasteiger partial charge in [-0.2, -0.15) is 13.2 Å². The maximum absolute atomic E-state index is 15.8. The Hall–Kier alpha value is -7.32. The van der Waals surface area contributed by atoms with E-state index in [0.717, 1.165) is 89.5 Å². The van der Waals surface area contributed by atoms with Gasteiger partial charge in [0, 0.05) is 69.0 Å². The Morgan fingerprint density at radius 2 is 1.24 bits per heavy atom. The van der Waals surface area contributed by atoms with Gasteiger partial charge < -0.3 is 60.0 Å². The lowest BCUT2D eigenvalue weighted by Gasteiger charge is -2.43. The monoisotopic (exact) mass is 1440 g/mol. The van der Waals surface area contributed by atoms with E-state index in [-0.39, 0.29) is 62.5 Å². The van der Waals surface area contributed by atoms with E-state index < -0.39 is 174 Å². The largest absolute Gasteiger partial charge is 0.417 e. The van der Waals surface area contributed by atoms with Crippen LogP contribution in [-0.4, -0.2) is 252 Å². The predicted octanol–water partition coefficient (Wildman–Crippen LogP) is 6.45. The Bertz CT molecular complexity index is 3110. The normalized spacial score (nSPS) is 25.5. The molecular formula is C73H112ClF3N12O12. The summed E-state index contributed by atoms with van der Waals surface area (Å²) in [6.07, 6.45) is 7.61. The molecule has 28 heteroatoms. The molecule has 0 radical (unpaired) electrons. The standard InChI is InChI=1S/C73H112ClF3N12O12/c1-13-36-89-44-59(91)80-72(34-22-23-35-72)71(101)87(12)64(51-28-20-16-21-29-51)70(100)86(11)57(68(98)88-37-24-17-25-38-88)42-60(92)84(9)55(39-47(3)4)65(95)79-63(48(5)14-2)69(99)83(8)45-61(93)81(6)46-62(94)85(10)56(41-49-26-18-15-19-27-49)67(97)82(7)43-58(90)78-54(66(89)96)33-31-50-30-32-52(53(74)40-50)73(75,76)77/h13,30,32,40,47-49,51,54-57,63-64H,1,14-29,31,33-39,41-46H2,2-12H3,(H,78,90)(H,79,95)(H,80,91)/t48-,54-,55-,56-,57-,63-,64-/m0/s1. The van der Waals surface area contributed by atoms with Crippen LogP contribution in [0.1, 0.15) is 180 Å². The molecule has 3 saturated carbocycles. The Morgan fingerprint density at radius 3 is 1.82 bits per heavy atom. The Balaban J connectivity index is 1.44. The molecule has 101 heavy (non-hydrogen) atoms. The van der Waals surface area contributed by atoms with Crippen molar-refractivity contribution in [3.63, 3.8) is 0 Å². The van der Waals surface area contributed by atoms with Crippen LogP contribution in [0.5, 0.6) is 0 Å². The minimum Gasteiger partial charge on any atom is -0.343 e. The maximum atomic E-state index is 15.8. The van der Waals surface area contributed by atoms with Gasteiger partial charge in [-0.3, -0.25) is 57.5 Å². The quantitative estimate of drug-likeness (QED) is 0.180. The number of nitrogens with one attached hydrogen (secondary N) is 3. The van der Waals surface area contributed by atoms with Crippen molar-refractivity contribution < 1.29 is 70.7 Å². The van der Waals surface area contributed by atoms with Crippen LogP contribution in [0, 0.1) is 23.7 Å². The molecule has 1 aromatic carbocycles. The topological polar surface area (TPSA) is 270 Å². The van der Waals surface area contributed by atoms with Crippen molar-refractivity contribution in [2.45, 2.75) is 223 Å². The van der Waals surface area contributed by atoms with E-state index in [1.54, 1.807) is 11.8 Å². The fraction of sp³-hybridized carbons (Fsp3) is 0.726. The number of likely N-dealkylation sites (N-methyl/N-ethyl adjacent to an activating group) is 7. The molecule has 1 spiro atoms. The SMILES string of the molecule is C=CCN1CC(=O)NC2(CCCC2)C(=O)N(C)[C@@H](C2CCCCC2)C(=O)N(C)[C@H](C(=O)N2CCCCC2)CC(=O)N(C)[C@@H](CC(C)C)C(=O)N[C@@H]([C@@H](C)CC)C(=O)N(C)CC(=O)N(C)CC(=O)N(C)[C@@H](CC2CCCCC2)C(=O)N(C)CC(=O)N[C@@H](CCc2ccc(C(F)(F)F)c(Cl)c2)C1=O. The highest BCUT2D eigenvalue weighted by atomic mass is 35.5. The number of nitrogens with zero attached hydrogens (tertiary/aromatic N) is 9. The number of halogens is 4. The molecule has 564 valence electrons. The van der Waals surface area contributed by atoms with Crippen molar-refractivity contribution in [2.75, 3.05) is 95.1 Å². The highest BCUT2D eigenvalue weighted by Gasteiger charge is 2.50. The zero-order valence-corrected chi connectivity index (χ0v) is 62.2. The summed E-state index contributed by atoms with van der Waals surface area (Å²) in [7, 11) is 9.94. The minimum absolute atomic E-state index is 0.00822. The zero-order chi connectivity index (χ0) is 74.8. The van der Waals surface area contributed by atoms with Gasteiger partial charge in [-0.05, 0) is 112 Å². The number of amides is 12. The lowest BCUT2D eigenvalue weighted by molar-refractivity contribution is -0.157. The number of benzene rings is 1. The van der Waals surface area contributed by atoms with Crippen LogP contribution in [0.3, 0.4) is 0 Å². The molecule has 2 saturated heterocycles. The Labute approximate surface area is 599 Å². The number of aryl methyl sites for hydroxylation is 1. The first kappa shape index (κ1) is 82.6. The Kier molecular flexibility index (Phi) is 30.9. The number of hydrogen-bond donors (Lipinski definition) is 3. The van der Waals surface area contributed by atoms with Crippen LogP contribution in [0.15, 0.2) is 30.9 Å². The average molecular weight is 1440 g/mol. The van der Waals surface area contributed by atoms with Crippen LogP contribution in [-0.2, 0) is 70.1 Å². The van der Waals surface area contributed by atoms with Gasteiger partial charge in [0.2, 0.25) is 70.9 Å². The number of piperidine rings is 1. The third kappa shape index (κ3) is 22.1.